The molecule has 0 heterocycles. The average molecular weight is 253 g/mol. The van der Waals surface area contributed by atoms with E-state index in [1.165, 1.54) is 24.3 Å². The summed E-state index contributed by atoms with van der Waals surface area (Å²) in [5.41, 5.74) is -0.346. The number of aliphatic hydroxyl groups excluding tert-OH is 1. The highest BCUT2D eigenvalue weighted by molar-refractivity contribution is 5.77. The standard InChI is InChI=1S/C12H15NO5/c1-2-3-8-18-12(15)11(14)9-6-4-5-7-10(9)13(16)17/h4-7,11,14H,2-3,8H2,1H3. The molecule has 0 aliphatic rings. The van der Waals surface area contributed by atoms with E-state index in [0.29, 0.717) is 6.42 Å². The normalized spacial score (nSPS) is 11.9. The van der Waals surface area contributed by atoms with Crippen LogP contribution in [-0.2, 0) is 9.53 Å². The topological polar surface area (TPSA) is 89.7 Å². The largest absolute Gasteiger partial charge is 0.464 e. The Morgan fingerprint density at radius 3 is 2.78 bits per heavy atom. The maximum atomic E-state index is 11.5. The molecule has 0 spiro atoms. The number of unbranched alkanes of at least 4 members (excludes halogenated alkanes) is 1. The molecule has 1 aromatic carbocycles. The molecular weight excluding hydrogens is 238 g/mol. The number of carbonyl (C=O) groups is 1. The van der Waals surface area contributed by atoms with E-state index < -0.39 is 17.0 Å². The summed E-state index contributed by atoms with van der Waals surface area (Å²) in [5.74, 6) is -0.863. The molecule has 0 fully saturated rings. The van der Waals surface area contributed by atoms with Crippen molar-refractivity contribution in [3.05, 3.63) is 39.9 Å². The molecule has 6 heteroatoms. The van der Waals surface area contributed by atoms with E-state index >= 15 is 0 Å². The van der Waals surface area contributed by atoms with Crippen molar-refractivity contribution in [2.24, 2.45) is 0 Å². The Bertz CT molecular complexity index is 432. The number of esters is 1. The third-order valence-electron chi connectivity index (χ3n) is 2.39. The third-order valence-corrected chi connectivity index (χ3v) is 2.39. The zero-order chi connectivity index (χ0) is 13.5. The van der Waals surface area contributed by atoms with Gasteiger partial charge in [-0.05, 0) is 12.5 Å². The van der Waals surface area contributed by atoms with Gasteiger partial charge in [0.05, 0.1) is 17.1 Å². The number of aliphatic hydroxyl groups is 1. The second-order valence-electron chi connectivity index (χ2n) is 3.74. The first-order valence-electron chi connectivity index (χ1n) is 5.66. The predicted molar refractivity (Wildman–Crippen MR) is 63.9 cm³/mol. The molecule has 18 heavy (non-hydrogen) atoms. The summed E-state index contributed by atoms with van der Waals surface area (Å²) in [6.45, 7) is 2.14. The van der Waals surface area contributed by atoms with Crippen LogP contribution in [0.15, 0.2) is 24.3 Å². The summed E-state index contributed by atoms with van der Waals surface area (Å²) in [7, 11) is 0. The molecule has 1 aromatic rings. The number of benzene rings is 1. The average Bonchev–Trinajstić information content (AvgIpc) is 2.38. The second kappa shape index (κ2) is 6.70. The van der Waals surface area contributed by atoms with Gasteiger partial charge in [0, 0.05) is 6.07 Å². The van der Waals surface area contributed by atoms with Crippen LogP contribution in [0.4, 0.5) is 5.69 Å². The van der Waals surface area contributed by atoms with E-state index in [0.717, 1.165) is 6.42 Å². The van der Waals surface area contributed by atoms with Crippen LogP contribution in [0.3, 0.4) is 0 Å². The maximum Gasteiger partial charge on any atom is 0.339 e. The number of rotatable bonds is 6. The van der Waals surface area contributed by atoms with E-state index in [9.17, 15) is 20.0 Å². The fourth-order valence-corrected chi connectivity index (χ4v) is 1.41. The van der Waals surface area contributed by atoms with Crippen molar-refractivity contribution in [1.29, 1.82) is 0 Å². The monoisotopic (exact) mass is 253 g/mol. The van der Waals surface area contributed by atoms with Crippen LogP contribution in [0, 0.1) is 10.1 Å². The first kappa shape index (κ1) is 14.1. The fraction of sp³-hybridized carbons (Fsp3) is 0.417. The van der Waals surface area contributed by atoms with E-state index in [4.69, 9.17) is 4.74 Å². The van der Waals surface area contributed by atoms with Crippen LogP contribution in [0.5, 0.6) is 0 Å². The molecule has 0 amide bonds. The fourth-order valence-electron chi connectivity index (χ4n) is 1.41. The number of nitro groups is 1. The van der Waals surface area contributed by atoms with Crippen molar-refractivity contribution in [3.8, 4) is 0 Å². The van der Waals surface area contributed by atoms with Gasteiger partial charge in [-0.15, -0.1) is 0 Å². The quantitative estimate of drug-likeness (QED) is 0.362. The van der Waals surface area contributed by atoms with E-state index in [-0.39, 0.29) is 17.9 Å². The molecule has 1 atom stereocenters. The zero-order valence-electron chi connectivity index (χ0n) is 10.0. The number of nitrogens with zero attached hydrogens (tertiary/aromatic N) is 1. The van der Waals surface area contributed by atoms with Gasteiger partial charge in [-0.1, -0.05) is 25.5 Å². The molecule has 0 saturated carbocycles. The number of carbonyl (C=O) groups excluding carboxylic acids is 1. The van der Waals surface area contributed by atoms with Gasteiger partial charge in [0.2, 0.25) is 0 Å². The first-order chi connectivity index (χ1) is 8.57. The van der Waals surface area contributed by atoms with Crippen molar-refractivity contribution < 1.29 is 19.6 Å². The number of ether oxygens (including phenoxy) is 1. The molecule has 1 N–H and O–H groups in total. The lowest BCUT2D eigenvalue weighted by atomic mass is 10.1. The molecule has 0 saturated heterocycles. The van der Waals surface area contributed by atoms with Crippen molar-refractivity contribution >= 4 is 11.7 Å². The Labute approximate surface area is 104 Å². The number of hydrogen-bond acceptors (Lipinski definition) is 5. The van der Waals surface area contributed by atoms with Gasteiger partial charge in [0.1, 0.15) is 0 Å². The molecular formula is C12H15NO5. The van der Waals surface area contributed by atoms with Gasteiger partial charge >= 0.3 is 5.97 Å². The van der Waals surface area contributed by atoms with Gasteiger partial charge in [0.15, 0.2) is 6.10 Å². The SMILES string of the molecule is CCCCOC(=O)C(O)c1ccccc1[N+](=O)[O-]. The van der Waals surface area contributed by atoms with Crippen LogP contribution in [-0.4, -0.2) is 22.6 Å². The third kappa shape index (κ3) is 3.53. The first-order valence-corrected chi connectivity index (χ1v) is 5.66. The van der Waals surface area contributed by atoms with Gasteiger partial charge in [-0.3, -0.25) is 10.1 Å². The highest BCUT2D eigenvalue weighted by Gasteiger charge is 2.26. The minimum absolute atomic E-state index is 0.0519. The second-order valence-corrected chi connectivity index (χ2v) is 3.74. The lowest BCUT2D eigenvalue weighted by molar-refractivity contribution is -0.386. The van der Waals surface area contributed by atoms with Gasteiger partial charge in [-0.2, -0.15) is 0 Å². The predicted octanol–water partition coefficient (Wildman–Crippen LogP) is 1.97. The Hall–Kier alpha value is -1.95. The number of hydrogen-bond donors (Lipinski definition) is 1. The van der Waals surface area contributed by atoms with Crippen LogP contribution in [0.25, 0.3) is 0 Å². The summed E-state index contributed by atoms with van der Waals surface area (Å²) < 4.78 is 4.82. The van der Waals surface area contributed by atoms with E-state index in [1.54, 1.807) is 0 Å². The van der Waals surface area contributed by atoms with Crippen molar-refractivity contribution in [3.63, 3.8) is 0 Å². The summed E-state index contributed by atoms with van der Waals surface area (Å²) in [4.78, 5) is 21.6. The molecule has 0 bridgehead atoms. The van der Waals surface area contributed by atoms with Crippen molar-refractivity contribution in [2.75, 3.05) is 6.61 Å². The molecule has 1 rings (SSSR count). The minimum Gasteiger partial charge on any atom is -0.464 e. The summed E-state index contributed by atoms with van der Waals surface area (Å²) in [5, 5.41) is 20.5. The lowest BCUT2D eigenvalue weighted by Gasteiger charge is -2.10. The summed E-state index contributed by atoms with van der Waals surface area (Å²) in [6.07, 6.45) is -0.0760. The molecule has 0 aliphatic heterocycles. The van der Waals surface area contributed by atoms with Crippen molar-refractivity contribution in [2.45, 2.75) is 25.9 Å². The summed E-state index contributed by atoms with van der Waals surface area (Å²) >= 11 is 0. The highest BCUT2D eigenvalue weighted by atomic mass is 16.6. The lowest BCUT2D eigenvalue weighted by Crippen LogP contribution is -2.17. The van der Waals surface area contributed by atoms with Crippen LogP contribution >= 0.6 is 0 Å². The summed E-state index contributed by atoms with van der Waals surface area (Å²) in [6, 6.07) is 5.56. The van der Waals surface area contributed by atoms with Crippen LogP contribution in [0.1, 0.15) is 31.4 Å². The molecule has 0 aromatic heterocycles. The van der Waals surface area contributed by atoms with Crippen LogP contribution < -0.4 is 0 Å². The Morgan fingerprint density at radius 2 is 2.17 bits per heavy atom. The van der Waals surface area contributed by atoms with E-state index in [2.05, 4.69) is 0 Å². The molecule has 0 radical (unpaired) electrons. The highest BCUT2D eigenvalue weighted by Crippen LogP contribution is 2.25. The molecule has 1 unspecified atom stereocenters. The van der Waals surface area contributed by atoms with Crippen molar-refractivity contribution in [1.82, 2.24) is 0 Å². The minimum atomic E-state index is -1.62. The Balaban J connectivity index is 2.80. The van der Waals surface area contributed by atoms with Gasteiger partial charge < -0.3 is 9.84 Å². The Morgan fingerprint density at radius 1 is 1.50 bits per heavy atom. The molecule has 6 nitrogen and oxygen atoms in total. The van der Waals surface area contributed by atoms with E-state index in [1.807, 2.05) is 6.92 Å². The number of para-hydroxylation sites is 1. The molecule has 98 valence electrons. The van der Waals surface area contributed by atoms with Gasteiger partial charge in [-0.25, -0.2) is 4.79 Å². The molecule has 0 aliphatic carbocycles. The van der Waals surface area contributed by atoms with Crippen LogP contribution in [0.2, 0.25) is 0 Å². The maximum absolute atomic E-state index is 11.5. The number of nitro benzene ring substituents is 1. The smallest absolute Gasteiger partial charge is 0.339 e. The van der Waals surface area contributed by atoms with Gasteiger partial charge in [0.25, 0.3) is 5.69 Å². The Kier molecular flexibility index (Phi) is 5.26. The zero-order valence-corrected chi connectivity index (χ0v) is 10.0.